The van der Waals surface area contributed by atoms with Crippen LogP contribution in [0.15, 0.2) is 6.33 Å². The molecule has 1 aliphatic heterocycles. The van der Waals surface area contributed by atoms with Crippen LogP contribution >= 0.6 is 0 Å². The molecule has 2 heterocycles. The summed E-state index contributed by atoms with van der Waals surface area (Å²) < 4.78 is 11.5. The maximum Gasteiger partial charge on any atom is 0.214 e. The van der Waals surface area contributed by atoms with E-state index in [-0.39, 0.29) is 10.8 Å². The molecule has 2 rings (SSSR count). The minimum Gasteiger partial charge on any atom is -0.478 e. The van der Waals surface area contributed by atoms with E-state index in [1.807, 2.05) is 13.8 Å². The quantitative estimate of drug-likeness (QED) is 0.782. The second kappa shape index (κ2) is 5.86. The lowest BCUT2D eigenvalue weighted by Crippen LogP contribution is -2.33. The van der Waals surface area contributed by atoms with Gasteiger partial charge in [-0.25, -0.2) is 9.97 Å². The Balaban J connectivity index is 2.42. The Kier molecular flexibility index (Phi) is 4.50. The number of hydrogen-bond donors (Lipinski definition) is 0. The highest BCUT2D eigenvalue weighted by atomic mass is 16.5. The van der Waals surface area contributed by atoms with E-state index in [0.717, 1.165) is 18.1 Å². The van der Waals surface area contributed by atoms with Crippen LogP contribution in [0.2, 0.25) is 12.6 Å². The van der Waals surface area contributed by atoms with Crippen molar-refractivity contribution < 1.29 is 9.47 Å². The van der Waals surface area contributed by atoms with Crippen LogP contribution in [0.1, 0.15) is 41.5 Å². The summed E-state index contributed by atoms with van der Waals surface area (Å²) in [7, 11) is 0. The molecule has 1 fully saturated rings. The lowest BCUT2D eigenvalue weighted by atomic mass is 9.42. The number of aromatic nitrogens is 2. The highest BCUT2D eigenvalue weighted by Gasteiger charge is 2.50. The van der Waals surface area contributed by atoms with Crippen molar-refractivity contribution in [2.45, 2.75) is 54.2 Å². The molecule has 5 heteroatoms. The van der Waals surface area contributed by atoms with Gasteiger partial charge in [0.2, 0.25) is 11.8 Å². The molecule has 116 valence electrons. The van der Waals surface area contributed by atoms with Gasteiger partial charge in [0.15, 0.2) is 6.71 Å². The monoisotopic (exact) mass is 290 g/mol. The van der Waals surface area contributed by atoms with Crippen molar-refractivity contribution in [2.75, 3.05) is 13.2 Å². The smallest absolute Gasteiger partial charge is 0.214 e. The van der Waals surface area contributed by atoms with Crippen molar-refractivity contribution in [3.63, 3.8) is 0 Å². The Morgan fingerprint density at radius 1 is 0.952 bits per heavy atom. The first-order chi connectivity index (χ1) is 9.82. The van der Waals surface area contributed by atoms with Gasteiger partial charge in [0.05, 0.1) is 13.2 Å². The second-order valence-corrected chi connectivity index (χ2v) is 7.14. The summed E-state index contributed by atoms with van der Waals surface area (Å²) in [5.41, 5.74) is 1.61. The largest absolute Gasteiger partial charge is 0.478 e. The molecule has 1 aromatic heterocycles. The third-order valence-corrected chi connectivity index (χ3v) is 5.13. The topological polar surface area (TPSA) is 44.2 Å². The van der Waals surface area contributed by atoms with Gasteiger partial charge in [-0.1, -0.05) is 40.3 Å². The maximum absolute atomic E-state index is 5.74. The highest BCUT2D eigenvalue weighted by molar-refractivity contribution is 6.75. The van der Waals surface area contributed by atoms with Gasteiger partial charge in [-0.15, -0.1) is 0 Å². The zero-order valence-corrected chi connectivity index (χ0v) is 14.2. The van der Waals surface area contributed by atoms with E-state index in [4.69, 9.17) is 9.47 Å². The van der Waals surface area contributed by atoms with Gasteiger partial charge < -0.3 is 9.47 Å². The van der Waals surface area contributed by atoms with Crippen LogP contribution in [-0.2, 0) is 0 Å². The van der Waals surface area contributed by atoms with Gasteiger partial charge in [0.25, 0.3) is 0 Å². The molecule has 0 bridgehead atoms. The number of ether oxygens (including phenoxy) is 2. The number of nitrogens with zero attached hydrogens (tertiary/aromatic N) is 2. The number of rotatable bonds is 5. The molecule has 1 aromatic rings. The normalized spacial score (nSPS) is 19.6. The predicted molar refractivity (Wildman–Crippen MR) is 86.9 cm³/mol. The fraction of sp³-hybridized carbons (Fsp3) is 0.750. The van der Waals surface area contributed by atoms with Crippen molar-refractivity contribution >= 4 is 12.2 Å². The average molecular weight is 290 g/mol. The molecule has 0 unspecified atom stereocenters. The van der Waals surface area contributed by atoms with Gasteiger partial charge in [-0.2, -0.15) is 0 Å². The van der Waals surface area contributed by atoms with Crippen molar-refractivity contribution in [2.24, 2.45) is 10.8 Å². The fourth-order valence-corrected chi connectivity index (χ4v) is 3.28. The van der Waals surface area contributed by atoms with E-state index >= 15 is 0 Å². The van der Waals surface area contributed by atoms with Crippen LogP contribution in [0.25, 0.3) is 0 Å². The summed E-state index contributed by atoms with van der Waals surface area (Å²) >= 11 is 0. The minimum atomic E-state index is 0.278. The molecular formula is C16H27BN2O2. The molecule has 4 nitrogen and oxygen atoms in total. The van der Waals surface area contributed by atoms with Crippen LogP contribution in [0.5, 0.6) is 11.8 Å². The van der Waals surface area contributed by atoms with Crippen molar-refractivity contribution in [1.82, 2.24) is 9.97 Å². The Bertz CT molecular complexity index is 463. The van der Waals surface area contributed by atoms with E-state index in [2.05, 4.69) is 37.7 Å². The second-order valence-electron chi connectivity index (χ2n) is 7.14. The van der Waals surface area contributed by atoms with Gasteiger partial charge in [0.1, 0.15) is 6.33 Å². The van der Waals surface area contributed by atoms with Crippen molar-refractivity contribution in [3.8, 4) is 11.8 Å². The first-order valence-electron chi connectivity index (χ1n) is 7.93. The van der Waals surface area contributed by atoms with Gasteiger partial charge in [-0.3, -0.25) is 0 Å². The molecule has 0 aromatic carbocycles. The summed E-state index contributed by atoms with van der Waals surface area (Å²) in [6, 6.07) is 0. The molecule has 0 aliphatic carbocycles. The molecular weight excluding hydrogens is 263 g/mol. The van der Waals surface area contributed by atoms with E-state index < -0.39 is 0 Å². The van der Waals surface area contributed by atoms with Gasteiger partial charge in [-0.05, 0) is 24.7 Å². The Morgan fingerprint density at radius 2 is 1.38 bits per heavy atom. The highest BCUT2D eigenvalue weighted by Crippen LogP contribution is 2.53. The van der Waals surface area contributed by atoms with E-state index in [1.54, 1.807) is 0 Å². The molecule has 21 heavy (non-hydrogen) atoms. The molecule has 1 saturated heterocycles. The van der Waals surface area contributed by atoms with Crippen molar-refractivity contribution in [1.29, 1.82) is 0 Å². The summed E-state index contributed by atoms with van der Waals surface area (Å²) in [5, 5.41) is 0. The lowest BCUT2D eigenvalue weighted by molar-refractivity contribution is 0.177. The number of hydrogen-bond acceptors (Lipinski definition) is 4. The zero-order chi connectivity index (χ0) is 15.7. The molecule has 0 saturated carbocycles. The molecule has 0 atom stereocenters. The fourth-order valence-electron chi connectivity index (χ4n) is 3.28. The van der Waals surface area contributed by atoms with Crippen molar-refractivity contribution in [3.05, 3.63) is 6.33 Å². The van der Waals surface area contributed by atoms with Gasteiger partial charge in [0, 0.05) is 5.46 Å². The third kappa shape index (κ3) is 3.02. The van der Waals surface area contributed by atoms with E-state index in [0.29, 0.717) is 31.7 Å². The lowest BCUT2D eigenvalue weighted by Gasteiger charge is -2.35. The van der Waals surface area contributed by atoms with Crippen LogP contribution in [0.3, 0.4) is 0 Å². The van der Waals surface area contributed by atoms with Crippen LogP contribution < -0.4 is 14.9 Å². The SMILES string of the molecule is CCOc1ncnc(OCC)c1B1CC(C)(C)C(C)(C)C1. The zero-order valence-electron chi connectivity index (χ0n) is 14.2. The maximum atomic E-state index is 5.74. The van der Waals surface area contributed by atoms with E-state index in [1.165, 1.54) is 6.33 Å². The summed E-state index contributed by atoms with van der Waals surface area (Å²) in [5.74, 6) is 1.38. The molecule has 0 radical (unpaired) electrons. The van der Waals surface area contributed by atoms with E-state index in [9.17, 15) is 0 Å². The standard InChI is InChI=1S/C16H27BN2O2/c1-7-20-13-12(14(21-8-2)19-11-18-13)17-9-15(3,4)16(5,6)10-17/h11H,7-10H2,1-6H3. The average Bonchev–Trinajstić information content (AvgIpc) is 2.59. The third-order valence-electron chi connectivity index (χ3n) is 5.13. The van der Waals surface area contributed by atoms with Crippen LogP contribution in [0.4, 0.5) is 0 Å². The Labute approximate surface area is 128 Å². The molecule has 0 spiro atoms. The molecule has 1 aliphatic rings. The predicted octanol–water partition coefficient (Wildman–Crippen LogP) is 3.04. The Hall–Kier alpha value is -1.26. The first kappa shape index (κ1) is 16.1. The Morgan fingerprint density at radius 3 is 1.76 bits per heavy atom. The van der Waals surface area contributed by atoms with Crippen LogP contribution in [0, 0.1) is 10.8 Å². The summed E-state index contributed by atoms with van der Waals surface area (Å²) in [6.45, 7) is 14.9. The minimum absolute atomic E-state index is 0.278. The summed E-state index contributed by atoms with van der Waals surface area (Å²) in [4.78, 5) is 8.68. The first-order valence-corrected chi connectivity index (χ1v) is 7.93. The molecule has 0 amide bonds. The molecule has 0 N–H and O–H groups in total. The van der Waals surface area contributed by atoms with Gasteiger partial charge >= 0.3 is 0 Å². The van der Waals surface area contributed by atoms with Crippen LogP contribution in [-0.4, -0.2) is 29.9 Å². The summed E-state index contributed by atoms with van der Waals surface area (Å²) in [6.07, 6.45) is 3.74.